The summed E-state index contributed by atoms with van der Waals surface area (Å²) in [7, 11) is 1.59. The molecule has 0 aliphatic heterocycles. The highest BCUT2D eigenvalue weighted by molar-refractivity contribution is 6.05. The van der Waals surface area contributed by atoms with E-state index in [0.717, 1.165) is 29.7 Å². The molecule has 122 valence electrons. The number of hydrogen-bond acceptors (Lipinski definition) is 4. The van der Waals surface area contributed by atoms with E-state index >= 15 is 0 Å². The Hall–Kier alpha value is -2.89. The molecule has 0 radical (unpaired) electrons. The molecule has 0 unspecified atom stereocenters. The number of aliphatic imine (C=N–C) groups is 3. The lowest BCUT2D eigenvalue weighted by Crippen LogP contribution is -2.09. The largest absolute Gasteiger partial charge is 0.480 e. The Balaban J connectivity index is 2.02. The van der Waals surface area contributed by atoms with Gasteiger partial charge >= 0.3 is 0 Å². The lowest BCUT2D eigenvalue weighted by atomic mass is 10.1. The summed E-state index contributed by atoms with van der Waals surface area (Å²) in [5.41, 5.74) is 2.79. The summed E-state index contributed by atoms with van der Waals surface area (Å²) < 4.78 is 5.42. The average Bonchev–Trinajstić information content (AvgIpc) is 3.47. The second-order valence-corrected chi connectivity index (χ2v) is 5.47. The van der Waals surface area contributed by atoms with Crippen LogP contribution in [0.2, 0.25) is 0 Å². The molecule has 1 saturated carbocycles. The van der Waals surface area contributed by atoms with Crippen LogP contribution >= 0.6 is 0 Å². The van der Waals surface area contributed by atoms with Gasteiger partial charge in [0, 0.05) is 5.92 Å². The fraction of sp³-hybridized carbons (Fsp3) is 0.278. The SMILES string of the molecule is C=NC=NC(=NCc1ccccc1)c1c(OC)ncnc1C1CC1. The molecule has 0 spiro atoms. The van der Waals surface area contributed by atoms with Crippen molar-refractivity contribution in [2.24, 2.45) is 15.0 Å². The molecule has 6 heteroatoms. The lowest BCUT2D eigenvalue weighted by molar-refractivity contribution is 0.395. The Labute approximate surface area is 141 Å². The van der Waals surface area contributed by atoms with E-state index in [1.165, 1.54) is 12.7 Å². The molecule has 1 aliphatic rings. The molecule has 3 rings (SSSR count). The third-order valence-electron chi connectivity index (χ3n) is 3.74. The van der Waals surface area contributed by atoms with Gasteiger partial charge in [-0.25, -0.2) is 15.0 Å². The average molecular weight is 321 g/mol. The van der Waals surface area contributed by atoms with E-state index in [4.69, 9.17) is 4.74 Å². The van der Waals surface area contributed by atoms with Crippen LogP contribution in [0.1, 0.15) is 35.6 Å². The van der Waals surface area contributed by atoms with Crippen molar-refractivity contribution < 1.29 is 4.74 Å². The van der Waals surface area contributed by atoms with Crippen molar-refractivity contribution in [3.8, 4) is 5.88 Å². The maximum Gasteiger partial charge on any atom is 0.227 e. The third kappa shape index (κ3) is 3.71. The molecule has 0 amide bonds. The van der Waals surface area contributed by atoms with Crippen LogP contribution in [0.4, 0.5) is 0 Å². The predicted octanol–water partition coefficient (Wildman–Crippen LogP) is 3.04. The highest BCUT2D eigenvalue weighted by atomic mass is 16.5. The molecule has 1 aromatic heterocycles. The number of amidine groups is 1. The molecule has 0 saturated heterocycles. The Morgan fingerprint density at radius 1 is 1.29 bits per heavy atom. The summed E-state index contributed by atoms with van der Waals surface area (Å²) >= 11 is 0. The number of hydrogen-bond donors (Lipinski definition) is 0. The summed E-state index contributed by atoms with van der Waals surface area (Å²) in [6, 6.07) is 10.0. The number of rotatable bonds is 6. The Bertz CT molecular complexity index is 766. The van der Waals surface area contributed by atoms with Crippen LogP contribution in [0.5, 0.6) is 5.88 Å². The van der Waals surface area contributed by atoms with Crippen molar-refractivity contribution in [3.05, 3.63) is 53.5 Å². The minimum atomic E-state index is 0.422. The molecule has 0 bridgehead atoms. The monoisotopic (exact) mass is 321 g/mol. The smallest absolute Gasteiger partial charge is 0.227 e. The predicted molar refractivity (Wildman–Crippen MR) is 95.3 cm³/mol. The summed E-state index contributed by atoms with van der Waals surface area (Å²) in [5, 5.41) is 0. The Kier molecular flexibility index (Phi) is 5.05. The molecule has 1 heterocycles. The first-order valence-electron chi connectivity index (χ1n) is 7.79. The zero-order chi connectivity index (χ0) is 16.8. The minimum Gasteiger partial charge on any atom is -0.480 e. The van der Waals surface area contributed by atoms with E-state index in [9.17, 15) is 0 Å². The van der Waals surface area contributed by atoms with E-state index in [1.54, 1.807) is 7.11 Å². The number of ether oxygens (including phenoxy) is 1. The first-order chi connectivity index (χ1) is 11.8. The zero-order valence-corrected chi connectivity index (χ0v) is 13.6. The van der Waals surface area contributed by atoms with Crippen molar-refractivity contribution in [2.75, 3.05) is 7.11 Å². The first-order valence-corrected chi connectivity index (χ1v) is 7.79. The van der Waals surface area contributed by atoms with Crippen molar-refractivity contribution >= 4 is 18.9 Å². The van der Waals surface area contributed by atoms with E-state index in [2.05, 4.69) is 31.7 Å². The van der Waals surface area contributed by atoms with Gasteiger partial charge in [-0.05, 0) is 25.1 Å². The molecular formula is C18H19N5O. The first kappa shape index (κ1) is 16.0. The van der Waals surface area contributed by atoms with Crippen molar-refractivity contribution in [1.82, 2.24) is 9.97 Å². The standard InChI is InChI=1S/C18H19N5O/c1-19-11-22-17(20-10-13-6-4-3-5-7-13)15-16(14-8-9-14)21-12-23-18(15)24-2/h3-7,11-12,14H,1,8-10H2,2H3. The molecule has 1 fully saturated rings. The molecule has 24 heavy (non-hydrogen) atoms. The highest BCUT2D eigenvalue weighted by Crippen LogP contribution is 2.42. The quantitative estimate of drug-likeness (QED) is 0.606. The summed E-state index contributed by atoms with van der Waals surface area (Å²) in [5.74, 6) is 1.43. The lowest BCUT2D eigenvalue weighted by Gasteiger charge is -2.11. The van der Waals surface area contributed by atoms with Gasteiger partial charge in [0.05, 0.1) is 19.3 Å². The molecule has 6 nitrogen and oxygen atoms in total. The van der Waals surface area contributed by atoms with E-state index < -0.39 is 0 Å². The molecular weight excluding hydrogens is 302 g/mol. The second kappa shape index (κ2) is 7.59. The van der Waals surface area contributed by atoms with Gasteiger partial charge in [0.25, 0.3) is 0 Å². The fourth-order valence-corrected chi connectivity index (χ4v) is 2.44. The summed E-state index contributed by atoms with van der Waals surface area (Å²) in [6.07, 6.45) is 5.14. The summed E-state index contributed by atoms with van der Waals surface area (Å²) in [4.78, 5) is 21.4. The van der Waals surface area contributed by atoms with E-state index in [-0.39, 0.29) is 0 Å². The van der Waals surface area contributed by atoms with Crippen LogP contribution in [-0.2, 0) is 6.54 Å². The molecule has 2 aromatic rings. The third-order valence-corrected chi connectivity index (χ3v) is 3.74. The minimum absolute atomic E-state index is 0.422. The van der Waals surface area contributed by atoms with E-state index in [0.29, 0.717) is 24.2 Å². The maximum atomic E-state index is 5.42. The van der Waals surface area contributed by atoms with Gasteiger partial charge in [0.2, 0.25) is 5.88 Å². The Morgan fingerprint density at radius 3 is 2.75 bits per heavy atom. The van der Waals surface area contributed by atoms with Gasteiger partial charge in [0.15, 0.2) is 5.84 Å². The maximum absolute atomic E-state index is 5.42. The van der Waals surface area contributed by atoms with Gasteiger partial charge in [-0.15, -0.1) is 0 Å². The zero-order valence-electron chi connectivity index (χ0n) is 13.6. The van der Waals surface area contributed by atoms with Crippen LogP contribution in [-0.4, -0.2) is 36.0 Å². The van der Waals surface area contributed by atoms with Crippen molar-refractivity contribution in [2.45, 2.75) is 25.3 Å². The van der Waals surface area contributed by atoms with E-state index in [1.807, 2.05) is 30.3 Å². The number of nitrogens with zero attached hydrogens (tertiary/aromatic N) is 5. The molecule has 1 aliphatic carbocycles. The number of methoxy groups -OCH3 is 1. The normalized spacial score (nSPS) is 14.8. The van der Waals surface area contributed by atoms with Gasteiger partial charge in [-0.2, -0.15) is 0 Å². The Morgan fingerprint density at radius 2 is 2.08 bits per heavy atom. The van der Waals surface area contributed by atoms with Crippen molar-refractivity contribution in [1.29, 1.82) is 0 Å². The van der Waals surface area contributed by atoms with Gasteiger partial charge in [0.1, 0.15) is 18.2 Å². The molecule has 0 atom stereocenters. The van der Waals surface area contributed by atoms with Crippen molar-refractivity contribution in [3.63, 3.8) is 0 Å². The molecule has 1 aromatic carbocycles. The fourth-order valence-electron chi connectivity index (χ4n) is 2.44. The van der Waals surface area contributed by atoms with Crippen LogP contribution in [0.15, 0.2) is 51.6 Å². The van der Waals surface area contributed by atoms with Gasteiger partial charge in [-0.1, -0.05) is 30.3 Å². The topological polar surface area (TPSA) is 72.1 Å². The summed E-state index contributed by atoms with van der Waals surface area (Å²) in [6.45, 7) is 3.95. The van der Waals surface area contributed by atoms with Crippen LogP contribution in [0.25, 0.3) is 0 Å². The van der Waals surface area contributed by atoms with Crippen LogP contribution in [0.3, 0.4) is 0 Å². The van der Waals surface area contributed by atoms with Gasteiger partial charge in [-0.3, -0.25) is 9.98 Å². The molecule has 0 N–H and O–H groups in total. The highest BCUT2D eigenvalue weighted by Gasteiger charge is 2.31. The van der Waals surface area contributed by atoms with Gasteiger partial charge < -0.3 is 4.74 Å². The number of benzene rings is 1. The second-order valence-electron chi connectivity index (χ2n) is 5.47. The van der Waals surface area contributed by atoms with Crippen LogP contribution < -0.4 is 4.74 Å². The van der Waals surface area contributed by atoms with Crippen LogP contribution in [0, 0.1) is 0 Å². The number of aromatic nitrogens is 2.